The molecule has 78 valence electrons. The summed E-state index contributed by atoms with van der Waals surface area (Å²) >= 11 is 11.2. The molecule has 0 fully saturated rings. The highest BCUT2D eigenvalue weighted by molar-refractivity contribution is 6.48. The van der Waals surface area contributed by atoms with Crippen molar-refractivity contribution in [2.45, 2.75) is 30.5 Å². The molecule has 5 heteroatoms. The van der Waals surface area contributed by atoms with Gasteiger partial charge < -0.3 is 10.2 Å². The Bertz CT molecular complexity index is 146. The van der Waals surface area contributed by atoms with Gasteiger partial charge in [0.2, 0.25) is 0 Å². The second-order valence-corrected chi connectivity index (χ2v) is 4.06. The number of halogens is 2. The minimum Gasteiger partial charge on any atom is -0.396 e. The highest BCUT2D eigenvalue weighted by Crippen LogP contribution is 2.26. The highest BCUT2D eigenvalue weighted by atomic mass is 35.5. The SMILES string of the molecule is CC#N.OCCCCC(Cl)(Cl)CO. The molecule has 0 heterocycles. The third kappa shape index (κ3) is 14.8. The molecule has 0 saturated heterocycles. The van der Waals surface area contributed by atoms with Crippen LogP contribution in [0.2, 0.25) is 0 Å². The van der Waals surface area contributed by atoms with Crippen molar-refractivity contribution in [3.8, 4) is 6.07 Å². The van der Waals surface area contributed by atoms with E-state index in [-0.39, 0.29) is 13.2 Å². The predicted octanol–water partition coefficient (Wildman–Crippen LogP) is 1.85. The number of hydrogen-bond acceptors (Lipinski definition) is 3. The van der Waals surface area contributed by atoms with Gasteiger partial charge in [0, 0.05) is 13.5 Å². The zero-order chi connectivity index (χ0) is 10.7. The molecule has 0 aromatic heterocycles. The number of hydrogen-bond donors (Lipinski definition) is 2. The van der Waals surface area contributed by atoms with Crippen LogP contribution < -0.4 is 0 Å². The minimum absolute atomic E-state index is 0.148. The molecule has 0 aromatic rings. The molecule has 0 rings (SSSR count). The van der Waals surface area contributed by atoms with Gasteiger partial charge in [0.25, 0.3) is 0 Å². The summed E-state index contributed by atoms with van der Waals surface area (Å²) in [7, 11) is 0. The largest absolute Gasteiger partial charge is 0.396 e. The van der Waals surface area contributed by atoms with Gasteiger partial charge in [0.1, 0.15) is 4.33 Å². The van der Waals surface area contributed by atoms with E-state index >= 15 is 0 Å². The normalized spacial score (nSPS) is 9.85. The van der Waals surface area contributed by atoms with Crippen molar-refractivity contribution < 1.29 is 10.2 Å². The number of aliphatic hydroxyl groups excluding tert-OH is 2. The van der Waals surface area contributed by atoms with Gasteiger partial charge in [0.05, 0.1) is 12.7 Å². The molecule has 0 amide bonds. The minimum atomic E-state index is -1.02. The molecule has 0 aliphatic heterocycles. The van der Waals surface area contributed by atoms with Gasteiger partial charge in [-0.2, -0.15) is 5.26 Å². The lowest BCUT2D eigenvalue weighted by atomic mass is 10.2. The number of alkyl halides is 2. The van der Waals surface area contributed by atoms with Crippen LogP contribution >= 0.6 is 23.2 Å². The number of rotatable bonds is 5. The molecule has 0 atom stereocenters. The van der Waals surface area contributed by atoms with Crippen LogP contribution in [0.4, 0.5) is 0 Å². The van der Waals surface area contributed by atoms with Crippen LogP contribution in [0.25, 0.3) is 0 Å². The molecule has 0 unspecified atom stereocenters. The van der Waals surface area contributed by atoms with Crippen LogP contribution in [-0.2, 0) is 0 Å². The third-order valence-electron chi connectivity index (χ3n) is 1.18. The van der Waals surface area contributed by atoms with Crippen molar-refractivity contribution in [3.63, 3.8) is 0 Å². The van der Waals surface area contributed by atoms with Crippen molar-refractivity contribution in [2.24, 2.45) is 0 Å². The molecular weight excluding hydrogens is 213 g/mol. The summed E-state index contributed by atoms with van der Waals surface area (Å²) in [5, 5.41) is 24.3. The molecule has 0 radical (unpaired) electrons. The summed E-state index contributed by atoms with van der Waals surface area (Å²) in [6, 6.07) is 1.75. The molecule has 13 heavy (non-hydrogen) atoms. The van der Waals surface area contributed by atoms with E-state index in [9.17, 15) is 0 Å². The Kier molecular flexibility index (Phi) is 12.0. The molecule has 0 aromatic carbocycles. The summed E-state index contributed by atoms with van der Waals surface area (Å²) in [5.74, 6) is 0. The summed E-state index contributed by atoms with van der Waals surface area (Å²) < 4.78 is -1.02. The topological polar surface area (TPSA) is 64.2 Å². The average Bonchev–Trinajstić information content (AvgIpc) is 2.06. The second kappa shape index (κ2) is 10.1. The summed E-state index contributed by atoms with van der Waals surface area (Å²) in [6.45, 7) is 1.34. The Morgan fingerprint density at radius 3 is 2.08 bits per heavy atom. The molecule has 3 nitrogen and oxygen atoms in total. The van der Waals surface area contributed by atoms with E-state index in [1.807, 2.05) is 0 Å². The first-order valence-electron chi connectivity index (χ1n) is 3.94. The van der Waals surface area contributed by atoms with Crippen molar-refractivity contribution in [1.82, 2.24) is 0 Å². The van der Waals surface area contributed by atoms with E-state index in [2.05, 4.69) is 0 Å². The zero-order valence-electron chi connectivity index (χ0n) is 7.63. The standard InChI is InChI=1S/C6H12Cl2O2.C2H3N/c7-6(8,5-10)3-1-2-4-9;1-2-3/h9-10H,1-5H2;1H3. The quantitative estimate of drug-likeness (QED) is 0.557. The highest BCUT2D eigenvalue weighted by Gasteiger charge is 2.21. The van der Waals surface area contributed by atoms with Crippen molar-refractivity contribution in [3.05, 3.63) is 0 Å². The van der Waals surface area contributed by atoms with E-state index in [4.69, 9.17) is 38.7 Å². The third-order valence-corrected chi connectivity index (χ3v) is 1.80. The van der Waals surface area contributed by atoms with Crippen LogP contribution in [-0.4, -0.2) is 27.8 Å². The van der Waals surface area contributed by atoms with Gasteiger partial charge >= 0.3 is 0 Å². The number of nitrogens with zero attached hydrogens (tertiary/aromatic N) is 1. The first kappa shape index (κ1) is 15.5. The lowest BCUT2D eigenvalue weighted by molar-refractivity contribution is 0.258. The summed E-state index contributed by atoms with van der Waals surface area (Å²) in [4.78, 5) is 0. The van der Waals surface area contributed by atoms with Gasteiger partial charge in [-0.25, -0.2) is 0 Å². The fraction of sp³-hybridized carbons (Fsp3) is 0.875. The monoisotopic (exact) mass is 227 g/mol. The van der Waals surface area contributed by atoms with Crippen LogP contribution in [0.1, 0.15) is 26.2 Å². The Morgan fingerprint density at radius 2 is 1.77 bits per heavy atom. The maximum atomic E-state index is 8.57. The van der Waals surface area contributed by atoms with E-state index < -0.39 is 4.33 Å². The zero-order valence-corrected chi connectivity index (χ0v) is 9.14. The van der Waals surface area contributed by atoms with Crippen LogP contribution in [0.3, 0.4) is 0 Å². The Hall–Kier alpha value is -0.0100. The molecule has 0 saturated carbocycles. The number of aliphatic hydroxyl groups is 2. The fourth-order valence-electron chi connectivity index (χ4n) is 0.574. The first-order valence-corrected chi connectivity index (χ1v) is 4.70. The van der Waals surface area contributed by atoms with Crippen LogP contribution in [0, 0.1) is 11.3 Å². The predicted molar refractivity (Wildman–Crippen MR) is 53.7 cm³/mol. The maximum absolute atomic E-state index is 8.57. The van der Waals surface area contributed by atoms with E-state index in [1.54, 1.807) is 6.07 Å². The van der Waals surface area contributed by atoms with E-state index in [0.717, 1.165) is 6.42 Å². The summed E-state index contributed by atoms with van der Waals surface area (Å²) in [5.41, 5.74) is 0. The van der Waals surface area contributed by atoms with Crippen molar-refractivity contribution in [2.75, 3.05) is 13.2 Å². The van der Waals surface area contributed by atoms with E-state index in [0.29, 0.717) is 12.8 Å². The fourth-order valence-corrected chi connectivity index (χ4v) is 0.842. The molecule has 0 spiro atoms. The van der Waals surface area contributed by atoms with E-state index in [1.165, 1.54) is 6.92 Å². The molecule has 2 N–H and O–H groups in total. The Labute approximate surface area is 88.9 Å². The maximum Gasteiger partial charge on any atom is 0.141 e. The van der Waals surface area contributed by atoms with Gasteiger partial charge in [-0.15, -0.1) is 0 Å². The first-order chi connectivity index (χ1) is 6.04. The van der Waals surface area contributed by atoms with Crippen LogP contribution in [0.15, 0.2) is 0 Å². The van der Waals surface area contributed by atoms with Gasteiger partial charge in [-0.3, -0.25) is 0 Å². The number of unbranched alkanes of at least 4 members (excludes halogenated alkanes) is 1. The molecule has 0 bridgehead atoms. The molecular formula is C8H15Cl2NO2. The second-order valence-electron chi connectivity index (χ2n) is 2.42. The lowest BCUT2D eigenvalue weighted by Gasteiger charge is -2.14. The number of nitriles is 1. The van der Waals surface area contributed by atoms with Gasteiger partial charge in [0.15, 0.2) is 0 Å². The molecule has 0 aliphatic rings. The van der Waals surface area contributed by atoms with Crippen molar-refractivity contribution >= 4 is 23.2 Å². The van der Waals surface area contributed by atoms with Gasteiger partial charge in [-0.1, -0.05) is 23.2 Å². The molecule has 0 aliphatic carbocycles. The van der Waals surface area contributed by atoms with Crippen molar-refractivity contribution in [1.29, 1.82) is 5.26 Å². The Morgan fingerprint density at radius 1 is 1.31 bits per heavy atom. The van der Waals surface area contributed by atoms with Crippen LogP contribution in [0.5, 0.6) is 0 Å². The summed E-state index contributed by atoms with van der Waals surface area (Å²) in [6.07, 6.45) is 1.94. The average molecular weight is 228 g/mol. The Balaban J connectivity index is 0. The van der Waals surface area contributed by atoms with Gasteiger partial charge in [-0.05, 0) is 19.3 Å². The lowest BCUT2D eigenvalue weighted by Crippen LogP contribution is -2.17. The smallest absolute Gasteiger partial charge is 0.141 e.